The Morgan fingerprint density at radius 3 is 2.67 bits per heavy atom. The largest absolute Gasteiger partial charge is 0.369 e. The third-order valence-corrected chi connectivity index (χ3v) is 5.04. The molecule has 2 heterocycles. The molecule has 0 amide bonds. The van der Waals surface area contributed by atoms with Gasteiger partial charge in [0.15, 0.2) is 5.96 Å². The van der Waals surface area contributed by atoms with E-state index in [4.69, 9.17) is 0 Å². The highest BCUT2D eigenvalue weighted by Crippen LogP contribution is 2.19. The molecule has 0 aromatic heterocycles. The number of nitrogens with zero attached hydrogens (tertiary/aromatic N) is 3. The van der Waals surface area contributed by atoms with Gasteiger partial charge in [0.2, 0.25) is 0 Å². The maximum Gasteiger partial charge on any atom is 0.191 e. The van der Waals surface area contributed by atoms with Crippen LogP contribution in [0.1, 0.15) is 25.7 Å². The van der Waals surface area contributed by atoms with Crippen LogP contribution in [0.25, 0.3) is 0 Å². The molecule has 1 aromatic carbocycles. The summed E-state index contributed by atoms with van der Waals surface area (Å²) < 4.78 is 0. The Kier molecular flexibility index (Phi) is 6.35. The molecule has 0 radical (unpaired) electrons. The summed E-state index contributed by atoms with van der Waals surface area (Å²) >= 11 is 0. The van der Waals surface area contributed by atoms with E-state index in [0.717, 1.165) is 38.6 Å². The fourth-order valence-electron chi connectivity index (χ4n) is 3.65. The molecule has 2 aliphatic rings. The van der Waals surface area contributed by atoms with Crippen molar-refractivity contribution in [2.75, 3.05) is 51.2 Å². The van der Waals surface area contributed by atoms with E-state index in [1.54, 1.807) is 0 Å². The fourth-order valence-corrected chi connectivity index (χ4v) is 3.65. The van der Waals surface area contributed by atoms with Crippen molar-refractivity contribution in [1.29, 1.82) is 0 Å². The van der Waals surface area contributed by atoms with Crippen LogP contribution in [0.4, 0.5) is 5.69 Å². The van der Waals surface area contributed by atoms with Gasteiger partial charge in [-0.2, -0.15) is 0 Å². The molecule has 0 saturated carbocycles. The molecular weight excluding hydrogens is 298 g/mol. The van der Waals surface area contributed by atoms with Gasteiger partial charge in [-0.15, -0.1) is 0 Å². The number of nitrogens with one attached hydrogen (secondary N) is 2. The molecule has 1 unspecified atom stereocenters. The highest BCUT2D eigenvalue weighted by molar-refractivity contribution is 5.80. The maximum absolute atomic E-state index is 4.39. The van der Waals surface area contributed by atoms with Crippen molar-refractivity contribution in [3.05, 3.63) is 30.3 Å². The number of para-hydroxylation sites is 1. The molecule has 0 aliphatic carbocycles. The van der Waals surface area contributed by atoms with E-state index in [0.29, 0.717) is 6.04 Å². The van der Waals surface area contributed by atoms with Crippen molar-refractivity contribution in [2.45, 2.75) is 31.7 Å². The van der Waals surface area contributed by atoms with E-state index in [9.17, 15) is 0 Å². The number of guanidine groups is 1. The summed E-state index contributed by atoms with van der Waals surface area (Å²) in [6, 6.07) is 11.1. The molecule has 1 aromatic rings. The summed E-state index contributed by atoms with van der Waals surface area (Å²) in [5, 5.41) is 7.06. The zero-order chi connectivity index (χ0) is 16.6. The molecule has 1 atom stereocenters. The zero-order valence-electron chi connectivity index (χ0n) is 14.9. The summed E-state index contributed by atoms with van der Waals surface area (Å²) in [7, 11) is 1.86. The fraction of sp³-hybridized carbons (Fsp3) is 0.632. The van der Waals surface area contributed by atoms with Crippen molar-refractivity contribution in [3.8, 4) is 0 Å². The molecule has 2 N–H and O–H groups in total. The van der Waals surface area contributed by atoms with Crippen LogP contribution in [-0.2, 0) is 0 Å². The lowest BCUT2D eigenvalue weighted by Gasteiger charge is -2.27. The molecule has 132 valence electrons. The van der Waals surface area contributed by atoms with Crippen molar-refractivity contribution < 1.29 is 0 Å². The predicted octanol–water partition coefficient (Wildman–Crippen LogP) is 1.92. The van der Waals surface area contributed by atoms with Crippen molar-refractivity contribution in [1.82, 2.24) is 15.5 Å². The van der Waals surface area contributed by atoms with Gasteiger partial charge in [-0.25, -0.2) is 0 Å². The Bertz CT molecular complexity index is 510. The Morgan fingerprint density at radius 1 is 1.12 bits per heavy atom. The molecule has 3 rings (SSSR count). The lowest BCUT2D eigenvalue weighted by atomic mass is 10.1. The smallest absolute Gasteiger partial charge is 0.191 e. The molecule has 5 heteroatoms. The Balaban J connectivity index is 1.39. The van der Waals surface area contributed by atoms with Crippen LogP contribution < -0.4 is 15.5 Å². The number of hydrogen-bond acceptors (Lipinski definition) is 3. The standard InChI is InChI=1S/C19H31N5/c1-20-19(21-11-15-23-12-6-3-7-13-23)22-17-10-14-24(16-17)18-8-4-2-5-9-18/h2,4-5,8-9,17H,3,6-7,10-16H2,1H3,(H2,20,21,22). The van der Waals surface area contributed by atoms with Gasteiger partial charge in [0, 0.05) is 45.0 Å². The second-order valence-corrected chi connectivity index (χ2v) is 6.81. The number of piperidine rings is 1. The molecular formula is C19H31N5. The summed E-state index contributed by atoms with van der Waals surface area (Å²) in [5.74, 6) is 0.937. The van der Waals surface area contributed by atoms with Crippen LogP contribution >= 0.6 is 0 Å². The van der Waals surface area contributed by atoms with Crippen molar-refractivity contribution in [3.63, 3.8) is 0 Å². The summed E-state index contributed by atoms with van der Waals surface area (Å²) in [6.07, 6.45) is 5.25. The third kappa shape index (κ3) is 4.87. The number of likely N-dealkylation sites (tertiary alicyclic amines) is 1. The number of rotatable bonds is 5. The molecule has 0 spiro atoms. The molecule has 24 heavy (non-hydrogen) atoms. The molecule has 2 aliphatic heterocycles. The third-order valence-electron chi connectivity index (χ3n) is 5.04. The zero-order valence-corrected chi connectivity index (χ0v) is 14.9. The van der Waals surface area contributed by atoms with Crippen LogP contribution in [0.15, 0.2) is 35.3 Å². The van der Waals surface area contributed by atoms with Crippen LogP contribution in [-0.4, -0.2) is 63.2 Å². The van der Waals surface area contributed by atoms with Crippen molar-refractivity contribution >= 4 is 11.6 Å². The molecule has 0 bridgehead atoms. The second kappa shape index (κ2) is 8.92. The van der Waals surface area contributed by atoms with E-state index in [1.165, 1.54) is 38.0 Å². The summed E-state index contributed by atoms with van der Waals surface area (Å²) in [5.41, 5.74) is 1.31. The minimum atomic E-state index is 0.464. The van der Waals surface area contributed by atoms with E-state index in [-0.39, 0.29) is 0 Å². The molecule has 2 saturated heterocycles. The quantitative estimate of drug-likeness (QED) is 0.640. The summed E-state index contributed by atoms with van der Waals surface area (Å²) in [4.78, 5) is 9.38. The SMILES string of the molecule is CN=C(NCCN1CCCCC1)NC1CCN(c2ccccc2)C1. The van der Waals surface area contributed by atoms with Crippen LogP contribution in [0.2, 0.25) is 0 Å². The predicted molar refractivity (Wildman–Crippen MR) is 102 cm³/mol. The Labute approximate surface area is 146 Å². The Morgan fingerprint density at radius 2 is 1.92 bits per heavy atom. The van der Waals surface area contributed by atoms with E-state index in [2.05, 4.69) is 55.8 Å². The van der Waals surface area contributed by atoms with Crippen molar-refractivity contribution in [2.24, 2.45) is 4.99 Å². The van der Waals surface area contributed by atoms with Gasteiger partial charge in [-0.1, -0.05) is 24.6 Å². The minimum Gasteiger partial charge on any atom is -0.369 e. The van der Waals surface area contributed by atoms with Gasteiger partial charge in [0.25, 0.3) is 0 Å². The first-order valence-corrected chi connectivity index (χ1v) is 9.34. The molecule has 2 fully saturated rings. The topological polar surface area (TPSA) is 42.9 Å². The first kappa shape index (κ1) is 17.1. The number of hydrogen-bond donors (Lipinski definition) is 2. The van der Waals surface area contributed by atoms with E-state index in [1.807, 2.05) is 7.05 Å². The monoisotopic (exact) mass is 329 g/mol. The normalized spacial score (nSPS) is 22.6. The summed E-state index contributed by atoms with van der Waals surface area (Å²) in [6.45, 7) is 6.73. The lowest BCUT2D eigenvalue weighted by Crippen LogP contribution is -2.47. The van der Waals surface area contributed by atoms with Gasteiger partial charge < -0.3 is 20.4 Å². The van der Waals surface area contributed by atoms with Crippen LogP contribution in [0.3, 0.4) is 0 Å². The molecule has 5 nitrogen and oxygen atoms in total. The van der Waals surface area contributed by atoms with Gasteiger partial charge in [0.05, 0.1) is 0 Å². The van der Waals surface area contributed by atoms with Gasteiger partial charge in [0.1, 0.15) is 0 Å². The van der Waals surface area contributed by atoms with Gasteiger partial charge in [-0.05, 0) is 44.5 Å². The van der Waals surface area contributed by atoms with Gasteiger partial charge >= 0.3 is 0 Å². The highest BCUT2D eigenvalue weighted by atomic mass is 15.3. The van der Waals surface area contributed by atoms with Gasteiger partial charge in [-0.3, -0.25) is 4.99 Å². The number of benzene rings is 1. The van der Waals surface area contributed by atoms with Crippen LogP contribution in [0.5, 0.6) is 0 Å². The Hall–Kier alpha value is -1.75. The first-order chi connectivity index (χ1) is 11.8. The average molecular weight is 329 g/mol. The highest BCUT2D eigenvalue weighted by Gasteiger charge is 2.23. The van der Waals surface area contributed by atoms with Crippen LogP contribution in [0, 0.1) is 0 Å². The maximum atomic E-state index is 4.39. The lowest BCUT2D eigenvalue weighted by molar-refractivity contribution is 0.232. The second-order valence-electron chi connectivity index (χ2n) is 6.81. The van der Waals surface area contributed by atoms with E-state index >= 15 is 0 Å². The minimum absolute atomic E-state index is 0.464. The number of anilines is 1. The first-order valence-electron chi connectivity index (χ1n) is 9.34. The van der Waals surface area contributed by atoms with E-state index < -0.39 is 0 Å². The number of aliphatic imine (C=N–C) groups is 1. The average Bonchev–Trinajstić information content (AvgIpc) is 3.11.